The molecular formula is C14H21NO4. The molecule has 0 aromatic heterocycles. The van der Waals surface area contributed by atoms with Gasteiger partial charge in [0.15, 0.2) is 0 Å². The molecule has 5 heteroatoms. The highest BCUT2D eigenvalue weighted by Crippen LogP contribution is 2.10. The summed E-state index contributed by atoms with van der Waals surface area (Å²) in [6.45, 7) is 3.88. The van der Waals surface area contributed by atoms with E-state index < -0.39 is 0 Å². The zero-order chi connectivity index (χ0) is 13.9. The van der Waals surface area contributed by atoms with Crippen molar-refractivity contribution >= 4 is 5.91 Å². The Morgan fingerprint density at radius 2 is 1.89 bits per heavy atom. The van der Waals surface area contributed by atoms with Crippen LogP contribution in [-0.4, -0.2) is 46.0 Å². The number of ether oxygens (including phenoxy) is 3. The fourth-order valence-corrected chi connectivity index (χ4v) is 1.35. The predicted molar refractivity (Wildman–Crippen MR) is 72.4 cm³/mol. The first-order valence-corrected chi connectivity index (χ1v) is 6.25. The summed E-state index contributed by atoms with van der Waals surface area (Å²) in [6.07, 6.45) is 0. The molecule has 0 spiro atoms. The number of benzene rings is 1. The van der Waals surface area contributed by atoms with Crippen molar-refractivity contribution in [3.63, 3.8) is 0 Å². The zero-order valence-corrected chi connectivity index (χ0v) is 11.5. The summed E-state index contributed by atoms with van der Waals surface area (Å²) in [5.41, 5.74) is 1.19. The van der Waals surface area contributed by atoms with E-state index in [2.05, 4.69) is 5.32 Å². The standard InChI is InChI=1S/C14H21NO4/c1-12-3-5-13(6-4-12)19-8-7-15-14(16)11-18-10-9-17-2/h3-6H,7-11H2,1-2H3,(H,15,16). The second-order valence-electron chi connectivity index (χ2n) is 4.06. The molecule has 106 valence electrons. The topological polar surface area (TPSA) is 56.8 Å². The zero-order valence-electron chi connectivity index (χ0n) is 11.5. The van der Waals surface area contributed by atoms with E-state index in [0.29, 0.717) is 26.4 Å². The van der Waals surface area contributed by atoms with Crippen LogP contribution >= 0.6 is 0 Å². The Morgan fingerprint density at radius 3 is 2.58 bits per heavy atom. The number of nitrogens with one attached hydrogen (secondary N) is 1. The molecule has 1 rings (SSSR count). The van der Waals surface area contributed by atoms with Crippen LogP contribution in [0.15, 0.2) is 24.3 Å². The minimum Gasteiger partial charge on any atom is -0.492 e. The van der Waals surface area contributed by atoms with Crippen molar-refractivity contribution in [2.24, 2.45) is 0 Å². The van der Waals surface area contributed by atoms with Gasteiger partial charge in [-0.25, -0.2) is 0 Å². The molecule has 0 bridgehead atoms. The third-order valence-corrected chi connectivity index (χ3v) is 2.38. The number of carbonyl (C=O) groups excluding carboxylic acids is 1. The van der Waals surface area contributed by atoms with Gasteiger partial charge in [-0.2, -0.15) is 0 Å². The maximum Gasteiger partial charge on any atom is 0.246 e. The van der Waals surface area contributed by atoms with Gasteiger partial charge in [0.25, 0.3) is 0 Å². The molecule has 0 heterocycles. The smallest absolute Gasteiger partial charge is 0.246 e. The number of carbonyl (C=O) groups is 1. The third kappa shape index (κ3) is 7.43. The molecule has 0 aliphatic heterocycles. The molecule has 0 saturated heterocycles. The minimum atomic E-state index is -0.149. The van der Waals surface area contributed by atoms with E-state index in [1.807, 2.05) is 31.2 Å². The Bertz CT molecular complexity index is 364. The van der Waals surface area contributed by atoms with E-state index in [9.17, 15) is 4.79 Å². The molecule has 0 radical (unpaired) electrons. The first kappa shape index (κ1) is 15.5. The fourth-order valence-electron chi connectivity index (χ4n) is 1.35. The SMILES string of the molecule is COCCOCC(=O)NCCOc1ccc(C)cc1. The number of amides is 1. The lowest BCUT2D eigenvalue weighted by molar-refractivity contribution is -0.126. The highest BCUT2D eigenvalue weighted by atomic mass is 16.5. The first-order chi connectivity index (χ1) is 9.22. The van der Waals surface area contributed by atoms with Crippen molar-refractivity contribution in [3.05, 3.63) is 29.8 Å². The van der Waals surface area contributed by atoms with E-state index >= 15 is 0 Å². The van der Waals surface area contributed by atoms with Gasteiger partial charge >= 0.3 is 0 Å². The van der Waals surface area contributed by atoms with Gasteiger partial charge in [-0.15, -0.1) is 0 Å². The highest BCUT2D eigenvalue weighted by Gasteiger charge is 2.00. The molecule has 0 atom stereocenters. The summed E-state index contributed by atoms with van der Waals surface area (Å²) >= 11 is 0. The van der Waals surface area contributed by atoms with Gasteiger partial charge in [-0.05, 0) is 19.1 Å². The summed E-state index contributed by atoms with van der Waals surface area (Å²) in [6, 6.07) is 7.78. The Labute approximate surface area is 113 Å². The molecule has 1 amide bonds. The lowest BCUT2D eigenvalue weighted by Gasteiger charge is -2.08. The fraction of sp³-hybridized carbons (Fsp3) is 0.500. The molecule has 0 unspecified atom stereocenters. The quantitative estimate of drug-likeness (QED) is 0.682. The Balaban J connectivity index is 2.03. The number of methoxy groups -OCH3 is 1. The molecule has 1 aromatic rings. The maximum absolute atomic E-state index is 11.3. The van der Waals surface area contributed by atoms with Gasteiger partial charge in [0.2, 0.25) is 5.91 Å². The van der Waals surface area contributed by atoms with Crippen LogP contribution in [0.3, 0.4) is 0 Å². The number of aryl methyl sites for hydroxylation is 1. The van der Waals surface area contributed by atoms with Crippen LogP contribution in [0.2, 0.25) is 0 Å². The monoisotopic (exact) mass is 267 g/mol. The van der Waals surface area contributed by atoms with Crippen molar-refractivity contribution in [3.8, 4) is 5.75 Å². The lowest BCUT2D eigenvalue weighted by atomic mass is 10.2. The number of hydrogen-bond donors (Lipinski definition) is 1. The van der Waals surface area contributed by atoms with Crippen LogP contribution in [0.4, 0.5) is 0 Å². The molecule has 5 nitrogen and oxygen atoms in total. The average Bonchev–Trinajstić information content (AvgIpc) is 2.42. The van der Waals surface area contributed by atoms with Gasteiger partial charge in [-0.1, -0.05) is 17.7 Å². The van der Waals surface area contributed by atoms with E-state index in [1.165, 1.54) is 5.56 Å². The van der Waals surface area contributed by atoms with E-state index in [4.69, 9.17) is 14.2 Å². The van der Waals surface area contributed by atoms with E-state index in [1.54, 1.807) is 7.11 Å². The normalized spacial score (nSPS) is 10.2. The second kappa shape index (κ2) is 9.35. The van der Waals surface area contributed by atoms with Crippen LogP contribution < -0.4 is 10.1 Å². The third-order valence-electron chi connectivity index (χ3n) is 2.38. The Kier molecular flexibility index (Phi) is 7.62. The van der Waals surface area contributed by atoms with Crippen molar-refractivity contribution < 1.29 is 19.0 Å². The molecule has 19 heavy (non-hydrogen) atoms. The Hall–Kier alpha value is -1.59. The number of hydrogen-bond acceptors (Lipinski definition) is 4. The molecule has 0 fully saturated rings. The van der Waals surface area contributed by atoms with Crippen LogP contribution in [-0.2, 0) is 14.3 Å². The van der Waals surface area contributed by atoms with Crippen molar-refractivity contribution in [2.45, 2.75) is 6.92 Å². The van der Waals surface area contributed by atoms with Crippen molar-refractivity contribution in [2.75, 3.05) is 40.1 Å². The van der Waals surface area contributed by atoms with Gasteiger partial charge in [0.05, 0.1) is 19.8 Å². The minimum absolute atomic E-state index is 0.0495. The van der Waals surface area contributed by atoms with E-state index in [0.717, 1.165) is 5.75 Å². The maximum atomic E-state index is 11.3. The molecule has 0 aliphatic rings. The van der Waals surface area contributed by atoms with Crippen molar-refractivity contribution in [1.29, 1.82) is 0 Å². The van der Waals surface area contributed by atoms with Gasteiger partial charge in [-0.3, -0.25) is 4.79 Å². The van der Waals surface area contributed by atoms with Gasteiger partial charge in [0, 0.05) is 7.11 Å². The van der Waals surface area contributed by atoms with Crippen LogP contribution in [0.25, 0.3) is 0 Å². The summed E-state index contributed by atoms with van der Waals surface area (Å²) in [5, 5.41) is 2.71. The van der Waals surface area contributed by atoms with Gasteiger partial charge in [0.1, 0.15) is 19.0 Å². The van der Waals surface area contributed by atoms with Crippen LogP contribution in [0, 0.1) is 6.92 Å². The summed E-state index contributed by atoms with van der Waals surface area (Å²) in [5.74, 6) is 0.653. The lowest BCUT2D eigenvalue weighted by Crippen LogP contribution is -2.31. The molecule has 1 N–H and O–H groups in total. The highest BCUT2D eigenvalue weighted by molar-refractivity contribution is 5.77. The van der Waals surface area contributed by atoms with Gasteiger partial charge < -0.3 is 19.5 Å². The Morgan fingerprint density at radius 1 is 1.16 bits per heavy atom. The average molecular weight is 267 g/mol. The summed E-state index contributed by atoms with van der Waals surface area (Å²) in [4.78, 5) is 11.3. The molecule has 0 saturated carbocycles. The molecule has 1 aromatic carbocycles. The molecule has 0 aliphatic carbocycles. The van der Waals surface area contributed by atoms with Crippen LogP contribution in [0.1, 0.15) is 5.56 Å². The largest absolute Gasteiger partial charge is 0.492 e. The molecular weight excluding hydrogens is 246 g/mol. The van der Waals surface area contributed by atoms with Crippen LogP contribution in [0.5, 0.6) is 5.75 Å². The second-order valence-corrected chi connectivity index (χ2v) is 4.06. The predicted octanol–water partition coefficient (Wildman–Crippen LogP) is 1.15. The van der Waals surface area contributed by atoms with Crippen molar-refractivity contribution in [1.82, 2.24) is 5.32 Å². The summed E-state index contributed by atoms with van der Waals surface area (Å²) < 4.78 is 15.4. The summed E-state index contributed by atoms with van der Waals surface area (Å²) in [7, 11) is 1.59. The number of rotatable bonds is 9. The first-order valence-electron chi connectivity index (χ1n) is 6.25. The van der Waals surface area contributed by atoms with E-state index in [-0.39, 0.29) is 12.5 Å².